The van der Waals surface area contributed by atoms with Crippen molar-refractivity contribution in [3.8, 4) is 17.5 Å². The molecule has 9 heteroatoms. The van der Waals surface area contributed by atoms with Crippen molar-refractivity contribution in [2.45, 2.75) is 13.5 Å². The monoisotopic (exact) mass is 373 g/mol. The molecule has 0 aliphatic rings. The van der Waals surface area contributed by atoms with Crippen LogP contribution in [-0.2, 0) is 6.54 Å². The molecule has 4 rings (SSSR count). The number of nitrogens with one attached hydrogen (secondary N) is 1. The lowest BCUT2D eigenvalue weighted by molar-refractivity contribution is 0.102. The number of benzene rings is 1. The Morgan fingerprint density at radius 2 is 2.21 bits per heavy atom. The van der Waals surface area contributed by atoms with Crippen LogP contribution in [0.15, 0.2) is 47.2 Å². The first-order valence-electron chi connectivity index (χ1n) is 8.41. The number of anilines is 1. The molecular formula is C19H15N7O2. The van der Waals surface area contributed by atoms with E-state index in [0.29, 0.717) is 39.9 Å². The predicted molar refractivity (Wildman–Crippen MR) is 100 cm³/mol. The Hall–Kier alpha value is -4.03. The fraction of sp³-hybridized carbons (Fsp3) is 0.105. The van der Waals surface area contributed by atoms with Crippen molar-refractivity contribution in [2.75, 3.05) is 5.32 Å². The molecule has 0 radical (unpaired) electrons. The molecule has 0 aliphatic carbocycles. The average molecular weight is 373 g/mol. The number of nitrogens with two attached hydrogens (primary N) is 1. The maximum absolute atomic E-state index is 12.8. The number of hydrogen-bond donors (Lipinski definition) is 2. The second-order valence-corrected chi connectivity index (χ2v) is 6.10. The van der Waals surface area contributed by atoms with Gasteiger partial charge in [-0.05, 0) is 30.7 Å². The van der Waals surface area contributed by atoms with Gasteiger partial charge in [-0.15, -0.1) is 0 Å². The van der Waals surface area contributed by atoms with Gasteiger partial charge in [0.05, 0.1) is 18.3 Å². The van der Waals surface area contributed by atoms with E-state index in [0.717, 1.165) is 5.56 Å². The molecule has 28 heavy (non-hydrogen) atoms. The lowest BCUT2D eigenvalue weighted by Crippen LogP contribution is -2.15. The lowest BCUT2D eigenvalue weighted by atomic mass is 10.1. The van der Waals surface area contributed by atoms with Crippen molar-refractivity contribution < 1.29 is 9.32 Å². The Bertz CT molecular complexity index is 1230. The number of carbonyl (C=O) groups is 1. The third kappa shape index (κ3) is 3.08. The van der Waals surface area contributed by atoms with E-state index >= 15 is 0 Å². The number of carbonyl (C=O) groups excluding carboxylic acids is 1. The van der Waals surface area contributed by atoms with Crippen molar-refractivity contribution in [1.82, 2.24) is 19.5 Å². The smallest absolute Gasteiger partial charge is 0.274 e. The summed E-state index contributed by atoms with van der Waals surface area (Å²) in [4.78, 5) is 21.2. The Morgan fingerprint density at radius 1 is 1.36 bits per heavy atom. The van der Waals surface area contributed by atoms with Crippen molar-refractivity contribution in [3.63, 3.8) is 0 Å². The van der Waals surface area contributed by atoms with Crippen LogP contribution in [-0.4, -0.2) is 25.4 Å². The Labute approximate surface area is 159 Å². The lowest BCUT2D eigenvalue weighted by Gasteiger charge is -2.09. The molecule has 1 aromatic carbocycles. The molecular weight excluding hydrogens is 358 g/mol. The van der Waals surface area contributed by atoms with Gasteiger partial charge in [0.15, 0.2) is 0 Å². The van der Waals surface area contributed by atoms with Gasteiger partial charge in [0.1, 0.15) is 17.4 Å². The number of rotatable bonds is 4. The van der Waals surface area contributed by atoms with Gasteiger partial charge in [-0.25, -0.2) is 4.98 Å². The van der Waals surface area contributed by atoms with Crippen LogP contribution in [0.3, 0.4) is 0 Å². The van der Waals surface area contributed by atoms with Crippen LogP contribution >= 0.6 is 0 Å². The number of pyridine rings is 1. The largest absolute Gasteiger partial charge is 0.338 e. The summed E-state index contributed by atoms with van der Waals surface area (Å²) >= 11 is 0. The van der Waals surface area contributed by atoms with Crippen LogP contribution in [0.1, 0.15) is 27.5 Å². The Balaban J connectivity index is 1.66. The minimum absolute atomic E-state index is 0.154. The Morgan fingerprint density at radius 3 is 2.96 bits per heavy atom. The summed E-state index contributed by atoms with van der Waals surface area (Å²) in [5, 5.41) is 15.9. The van der Waals surface area contributed by atoms with E-state index in [1.54, 1.807) is 28.8 Å². The molecule has 1 amide bonds. The number of amides is 1. The summed E-state index contributed by atoms with van der Waals surface area (Å²) in [5.41, 5.74) is 9.00. The summed E-state index contributed by atoms with van der Waals surface area (Å²) in [6, 6.07) is 10.8. The van der Waals surface area contributed by atoms with Gasteiger partial charge in [0, 0.05) is 17.4 Å². The normalized spacial score (nSPS) is 10.8. The van der Waals surface area contributed by atoms with Gasteiger partial charge in [-0.1, -0.05) is 17.3 Å². The fourth-order valence-electron chi connectivity index (χ4n) is 2.75. The summed E-state index contributed by atoms with van der Waals surface area (Å²) in [6.07, 6.45) is 3.05. The van der Waals surface area contributed by atoms with E-state index in [9.17, 15) is 4.79 Å². The van der Waals surface area contributed by atoms with Gasteiger partial charge in [0.25, 0.3) is 5.91 Å². The summed E-state index contributed by atoms with van der Waals surface area (Å²) in [5.74, 6) is 0.378. The highest BCUT2D eigenvalue weighted by molar-refractivity contribution is 6.04. The standard InChI is InChI=1S/C19H15N7O2/c1-11-2-4-13(18-24-17(8-21)28-25-18)6-14(11)23-19(27)15-9-22-16-5-3-12(7-20)10-26(15)16/h2-6,9-10H,8,21H2,1H3,(H,23,27). The predicted octanol–water partition coefficient (Wildman–Crippen LogP) is 2.28. The molecule has 3 heterocycles. The molecule has 0 saturated carbocycles. The van der Waals surface area contributed by atoms with Gasteiger partial charge in [-0.2, -0.15) is 10.2 Å². The molecule has 0 fully saturated rings. The molecule has 0 unspecified atom stereocenters. The maximum Gasteiger partial charge on any atom is 0.274 e. The van der Waals surface area contributed by atoms with E-state index in [4.69, 9.17) is 15.5 Å². The van der Waals surface area contributed by atoms with Crippen LogP contribution in [0.2, 0.25) is 0 Å². The van der Waals surface area contributed by atoms with Crippen molar-refractivity contribution in [2.24, 2.45) is 5.73 Å². The number of aryl methyl sites for hydroxylation is 1. The van der Waals surface area contributed by atoms with Crippen LogP contribution in [0, 0.1) is 18.3 Å². The molecule has 0 spiro atoms. The molecule has 3 aromatic heterocycles. The highest BCUT2D eigenvalue weighted by atomic mass is 16.5. The van der Waals surface area contributed by atoms with E-state index < -0.39 is 0 Å². The van der Waals surface area contributed by atoms with Gasteiger partial charge in [-0.3, -0.25) is 9.20 Å². The second kappa shape index (κ2) is 6.94. The molecule has 0 saturated heterocycles. The fourth-order valence-corrected chi connectivity index (χ4v) is 2.75. The zero-order valence-corrected chi connectivity index (χ0v) is 14.9. The van der Waals surface area contributed by atoms with Crippen molar-refractivity contribution in [3.05, 3.63) is 65.4 Å². The molecule has 138 valence electrons. The third-order valence-corrected chi connectivity index (χ3v) is 4.25. The quantitative estimate of drug-likeness (QED) is 0.560. The third-order valence-electron chi connectivity index (χ3n) is 4.25. The average Bonchev–Trinajstić information content (AvgIpc) is 3.36. The van der Waals surface area contributed by atoms with Crippen LogP contribution in [0.25, 0.3) is 17.0 Å². The topological polar surface area (TPSA) is 135 Å². The van der Waals surface area contributed by atoms with Crippen LogP contribution in [0.4, 0.5) is 5.69 Å². The van der Waals surface area contributed by atoms with Gasteiger partial charge >= 0.3 is 0 Å². The molecule has 9 nitrogen and oxygen atoms in total. The first-order chi connectivity index (χ1) is 13.6. The van der Waals surface area contributed by atoms with Crippen molar-refractivity contribution in [1.29, 1.82) is 5.26 Å². The SMILES string of the molecule is Cc1ccc(-c2noc(CN)n2)cc1NC(=O)c1cnc2ccc(C#N)cn12. The second-order valence-electron chi connectivity index (χ2n) is 6.10. The zero-order valence-electron chi connectivity index (χ0n) is 14.9. The van der Waals surface area contributed by atoms with Crippen molar-refractivity contribution >= 4 is 17.2 Å². The molecule has 4 aromatic rings. The highest BCUT2D eigenvalue weighted by Crippen LogP contribution is 2.24. The number of nitrogens with zero attached hydrogens (tertiary/aromatic N) is 5. The highest BCUT2D eigenvalue weighted by Gasteiger charge is 2.15. The van der Waals surface area contributed by atoms with E-state index in [1.807, 2.05) is 19.1 Å². The number of imidazole rings is 1. The number of aromatic nitrogens is 4. The Kier molecular flexibility index (Phi) is 4.31. The minimum atomic E-state index is -0.349. The van der Waals surface area contributed by atoms with Crippen LogP contribution < -0.4 is 11.1 Å². The molecule has 0 bridgehead atoms. The van der Waals surface area contributed by atoms with Gasteiger partial charge < -0.3 is 15.6 Å². The molecule has 0 atom stereocenters. The first kappa shape index (κ1) is 17.4. The summed E-state index contributed by atoms with van der Waals surface area (Å²) in [6.45, 7) is 2.03. The number of fused-ring (bicyclic) bond motifs is 1. The summed E-state index contributed by atoms with van der Waals surface area (Å²) in [7, 11) is 0. The molecule has 3 N–H and O–H groups in total. The van der Waals surface area contributed by atoms with E-state index in [2.05, 4.69) is 26.5 Å². The molecule has 0 aliphatic heterocycles. The van der Waals surface area contributed by atoms with Gasteiger partial charge in [0.2, 0.25) is 11.7 Å². The van der Waals surface area contributed by atoms with E-state index in [-0.39, 0.29) is 12.5 Å². The maximum atomic E-state index is 12.8. The first-order valence-corrected chi connectivity index (χ1v) is 8.41. The van der Waals surface area contributed by atoms with E-state index in [1.165, 1.54) is 6.20 Å². The zero-order chi connectivity index (χ0) is 19.7. The van der Waals surface area contributed by atoms with Crippen LogP contribution in [0.5, 0.6) is 0 Å². The summed E-state index contributed by atoms with van der Waals surface area (Å²) < 4.78 is 6.62. The number of nitriles is 1. The minimum Gasteiger partial charge on any atom is -0.338 e. The number of hydrogen-bond acceptors (Lipinski definition) is 7.